The molecule has 0 spiro atoms. The first kappa shape index (κ1) is 15.6. The van der Waals surface area contributed by atoms with Gasteiger partial charge in [0, 0.05) is 13.1 Å². The standard InChI is InChI=1S/C13H21N5O2S/c1-7(2)6-16-13-17-10(14)9(21-13)12(20)18-5-3-4-8(18)11(15)19/h7-8H,3-6,14H2,1-2H3,(H2,15,19)(H,16,17). The van der Waals surface area contributed by atoms with Gasteiger partial charge in [-0.2, -0.15) is 0 Å². The lowest BCUT2D eigenvalue weighted by Crippen LogP contribution is -2.43. The lowest BCUT2D eigenvalue weighted by atomic mass is 10.2. The number of nitrogens with one attached hydrogen (secondary N) is 1. The molecule has 1 aromatic heterocycles. The molecule has 8 heteroatoms. The van der Waals surface area contributed by atoms with Gasteiger partial charge in [-0.25, -0.2) is 4.98 Å². The summed E-state index contributed by atoms with van der Waals surface area (Å²) in [5.74, 6) is -0.0653. The Morgan fingerprint density at radius 2 is 2.24 bits per heavy atom. The highest BCUT2D eigenvalue weighted by Gasteiger charge is 2.35. The van der Waals surface area contributed by atoms with Gasteiger partial charge in [0.15, 0.2) is 5.13 Å². The molecule has 0 radical (unpaired) electrons. The highest BCUT2D eigenvalue weighted by Crippen LogP contribution is 2.29. The second kappa shape index (κ2) is 6.30. The molecule has 0 aromatic carbocycles. The van der Waals surface area contributed by atoms with Crippen LogP contribution in [0.4, 0.5) is 10.9 Å². The highest BCUT2D eigenvalue weighted by molar-refractivity contribution is 7.18. The van der Waals surface area contributed by atoms with E-state index in [2.05, 4.69) is 24.1 Å². The quantitative estimate of drug-likeness (QED) is 0.747. The average Bonchev–Trinajstić information content (AvgIpc) is 3.02. The van der Waals surface area contributed by atoms with Gasteiger partial charge in [0.25, 0.3) is 5.91 Å². The molecule has 2 heterocycles. The number of nitrogen functional groups attached to an aromatic ring is 1. The number of anilines is 2. The number of carbonyl (C=O) groups excluding carboxylic acids is 2. The van der Waals surface area contributed by atoms with Gasteiger partial charge in [0.05, 0.1) is 0 Å². The van der Waals surface area contributed by atoms with E-state index in [0.29, 0.717) is 28.9 Å². The van der Waals surface area contributed by atoms with E-state index in [1.165, 1.54) is 16.2 Å². The van der Waals surface area contributed by atoms with Gasteiger partial charge in [0.1, 0.15) is 16.7 Å². The fourth-order valence-corrected chi connectivity index (χ4v) is 3.14. The van der Waals surface area contributed by atoms with E-state index in [1.807, 2.05) is 0 Å². The zero-order valence-electron chi connectivity index (χ0n) is 12.3. The van der Waals surface area contributed by atoms with Crippen molar-refractivity contribution in [1.82, 2.24) is 9.88 Å². The van der Waals surface area contributed by atoms with Crippen LogP contribution < -0.4 is 16.8 Å². The Labute approximate surface area is 127 Å². The predicted octanol–water partition coefficient (Wildman–Crippen LogP) is 0.883. The Kier molecular flexibility index (Phi) is 4.66. The van der Waals surface area contributed by atoms with E-state index in [9.17, 15) is 9.59 Å². The number of likely N-dealkylation sites (tertiary alicyclic amines) is 1. The third kappa shape index (κ3) is 3.44. The van der Waals surface area contributed by atoms with Crippen LogP contribution in [0.2, 0.25) is 0 Å². The second-order valence-electron chi connectivity index (χ2n) is 5.57. The molecule has 1 unspecified atom stereocenters. The van der Waals surface area contributed by atoms with E-state index in [-0.39, 0.29) is 11.7 Å². The van der Waals surface area contributed by atoms with Gasteiger partial charge in [-0.05, 0) is 18.8 Å². The van der Waals surface area contributed by atoms with Crippen molar-refractivity contribution in [2.75, 3.05) is 24.1 Å². The molecular formula is C13H21N5O2S. The number of primary amides is 1. The van der Waals surface area contributed by atoms with E-state index < -0.39 is 11.9 Å². The van der Waals surface area contributed by atoms with Crippen LogP contribution in [0.5, 0.6) is 0 Å². The summed E-state index contributed by atoms with van der Waals surface area (Å²) in [6, 6.07) is -0.536. The number of carbonyl (C=O) groups is 2. The summed E-state index contributed by atoms with van der Waals surface area (Å²) in [5.41, 5.74) is 11.2. The fourth-order valence-electron chi connectivity index (χ4n) is 2.29. The first-order valence-corrected chi connectivity index (χ1v) is 7.82. The molecule has 1 aliphatic heterocycles. The Morgan fingerprint density at radius 1 is 1.52 bits per heavy atom. The van der Waals surface area contributed by atoms with Crippen molar-refractivity contribution in [3.63, 3.8) is 0 Å². The van der Waals surface area contributed by atoms with E-state index in [1.54, 1.807) is 0 Å². The number of nitrogens with two attached hydrogens (primary N) is 2. The number of rotatable bonds is 5. The lowest BCUT2D eigenvalue weighted by molar-refractivity contribution is -0.121. The van der Waals surface area contributed by atoms with Gasteiger partial charge in [-0.1, -0.05) is 25.2 Å². The van der Waals surface area contributed by atoms with E-state index in [4.69, 9.17) is 11.5 Å². The van der Waals surface area contributed by atoms with Crippen molar-refractivity contribution in [2.24, 2.45) is 11.7 Å². The van der Waals surface area contributed by atoms with Crippen LogP contribution in [0.3, 0.4) is 0 Å². The van der Waals surface area contributed by atoms with E-state index >= 15 is 0 Å². The molecule has 5 N–H and O–H groups in total. The molecule has 2 amide bonds. The van der Waals surface area contributed by atoms with Gasteiger partial charge >= 0.3 is 0 Å². The zero-order valence-corrected chi connectivity index (χ0v) is 13.1. The van der Waals surface area contributed by atoms with Crippen LogP contribution in [-0.2, 0) is 4.79 Å². The smallest absolute Gasteiger partial charge is 0.268 e. The monoisotopic (exact) mass is 311 g/mol. The van der Waals surface area contributed by atoms with Crippen molar-refractivity contribution in [2.45, 2.75) is 32.7 Å². The Morgan fingerprint density at radius 3 is 2.86 bits per heavy atom. The normalized spacial score (nSPS) is 18.2. The van der Waals surface area contributed by atoms with Crippen molar-refractivity contribution in [3.05, 3.63) is 4.88 Å². The lowest BCUT2D eigenvalue weighted by Gasteiger charge is -2.21. The SMILES string of the molecule is CC(C)CNc1nc(N)c(C(=O)N2CCCC2C(N)=O)s1. The zero-order chi connectivity index (χ0) is 15.6. The molecule has 7 nitrogen and oxygen atoms in total. The van der Waals surface area contributed by atoms with Gasteiger partial charge in [-0.15, -0.1) is 0 Å². The maximum atomic E-state index is 12.5. The number of aromatic nitrogens is 1. The maximum Gasteiger partial charge on any atom is 0.268 e. The molecule has 2 rings (SSSR count). The van der Waals surface area contributed by atoms with Crippen LogP contribution in [0, 0.1) is 5.92 Å². The van der Waals surface area contributed by atoms with Crippen LogP contribution >= 0.6 is 11.3 Å². The minimum Gasteiger partial charge on any atom is -0.382 e. The molecular weight excluding hydrogens is 290 g/mol. The van der Waals surface area contributed by atoms with Crippen molar-refractivity contribution in [3.8, 4) is 0 Å². The molecule has 1 atom stereocenters. The van der Waals surface area contributed by atoms with Crippen LogP contribution in [-0.4, -0.2) is 40.8 Å². The second-order valence-corrected chi connectivity index (χ2v) is 6.57. The summed E-state index contributed by atoms with van der Waals surface area (Å²) in [6.07, 6.45) is 1.38. The Hall–Kier alpha value is -1.83. The van der Waals surface area contributed by atoms with Gasteiger partial charge in [-0.3, -0.25) is 9.59 Å². The Balaban J connectivity index is 2.14. The topological polar surface area (TPSA) is 114 Å². The molecule has 1 saturated heterocycles. The van der Waals surface area contributed by atoms with Crippen LogP contribution in [0.1, 0.15) is 36.4 Å². The Bertz CT molecular complexity index is 543. The largest absolute Gasteiger partial charge is 0.382 e. The minimum atomic E-state index is -0.536. The molecule has 0 aliphatic carbocycles. The number of thiazole rings is 1. The molecule has 21 heavy (non-hydrogen) atoms. The van der Waals surface area contributed by atoms with Crippen LogP contribution in [0.15, 0.2) is 0 Å². The molecule has 0 bridgehead atoms. The number of amides is 2. The third-order valence-electron chi connectivity index (χ3n) is 3.35. The summed E-state index contributed by atoms with van der Waals surface area (Å²) in [7, 11) is 0. The number of hydrogen-bond acceptors (Lipinski definition) is 6. The number of hydrogen-bond donors (Lipinski definition) is 3. The molecule has 1 fully saturated rings. The first-order chi connectivity index (χ1) is 9.90. The molecule has 0 saturated carbocycles. The summed E-state index contributed by atoms with van der Waals surface area (Å²) in [5, 5.41) is 3.77. The van der Waals surface area contributed by atoms with Gasteiger partial charge < -0.3 is 21.7 Å². The maximum absolute atomic E-state index is 12.5. The minimum absolute atomic E-state index is 0.200. The average molecular weight is 311 g/mol. The summed E-state index contributed by atoms with van der Waals surface area (Å²) in [4.78, 5) is 29.9. The van der Waals surface area contributed by atoms with Crippen molar-refractivity contribution in [1.29, 1.82) is 0 Å². The van der Waals surface area contributed by atoms with Gasteiger partial charge in [0.2, 0.25) is 5.91 Å². The summed E-state index contributed by atoms with van der Waals surface area (Å²) < 4.78 is 0. The third-order valence-corrected chi connectivity index (χ3v) is 4.37. The molecule has 1 aliphatic rings. The molecule has 1 aromatic rings. The van der Waals surface area contributed by atoms with Crippen LogP contribution in [0.25, 0.3) is 0 Å². The van der Waals surface area contributed by atoms with Crippen molar-refractivity contribution >= 4 is 34.1 Å². The highest BCUT2D eigenvalue weighted by atomic mass is 32.1. The first-order valence-electron chi connectivity index (χ1n) is 7.00. The fraction of sp³-hybridized carbons (Fsp3) is 0.615. The van der Waals surface area contributed by atoms with Crippen molar-refractivity contribution < 1.29 is 9.59 Å². The summed E-state index contributed by atoms with van der Waals surface area (Å²) >= 11 is 1.22. The van der Waals surface area contributed by atoms with E-state index in [0.717, 1.165) is 13.0 Å². The molecule has 116 valence electrons. The number of nitrogens with zero attached hydrogens (tertiary/aromatic N) is 2. The summed E-state index contributed by atoms with van der Waals surface area (Å²) in [6.45, 7) is 5.45. The predicted molar refractivity (Wildman–Crippen MR) is 83.1 cm³/mol.